The van der Waals surface area contributed by atoms with Gasteiger partial charge in [0.1, 0.15) is 5.75 Å². The van der Waals surface area contributed by atoms with Gasteiger partial charge in [0.2, 0.25) is 11.8 Å². The van der Waals surface area contributed by atoms with E-state index in [0.717, 1.165) is 24.0 Å². The zero-order chi connectivity index (χ0) is 24.8. The number of fused-ring (bicyclic) bond motifs is 1. The topological polar surface area (TPSA) is 118 Å². The van der Waals surface area contributed by atoms with Gasteiger partial charge < -0.3 is 20.4 Å². The Balaban J connectivity index is 1.84. The summed E-state index contributed by atoms with van der Waals surface area (Å²) in [7, 11) is 0. The summed E-state index contributed by atoms with van der Waals surface area (Å²) in [5.41, 5.74) is 2.85. The predicted molar refractivity (Wildman–Crippen MR) is 130 cm³/mol. The summed E-state index contributed by atoms with van der Waals surface area (Å²) in [5, 5.41) is 41.6. The molecule has 0 radical (unpaired) electrons. The van der Waals surface area contributed by atoms with Gasteiger partial charge in [0.05, 0.1) is 31.2 Å². The van der Waals surface area contributed by atoms with Crippen LogP contribution in [0, 0.1) is 17.8 Å². The van der Waals surface area contributed by atoms with Gasteiger partial charge in [0, 0.05) is 18.0 Å². The third kappa shape index (κ3) is 5.27. The molecule has 3 rings (SSSR count). The fourth-order valence-corrected chi connectivity index (χ4v) is 5.51. The molecule has 0 bridgehead atoms. The number of aromatic hydroxyl groups is 1. The number of phenolic OH excluding ortho intramolecular Hbond substituents is 1. The molecule has 4 N–H and O–H groups in total. The van der Waals surface area contributed by atoms with Crippen molar-refractivity contribution in [2.75, 3.05) is 19.8 Å². The van der Waals surface area contributed by atoms with Gasteiger partial charge >= 0.3 is 0 Å². The summed E-state index contributed by atoms with van der Waals surface area (Å²) < 4.78 is 0. The number of carbonyl (C=O) groups is 2. The molecule has 0 unspecified atom stereocenters. The smallest absolute Gasteiger partial charge is 0.233 e. The monoisotopic (exact) mass is 471 g/mol. The van der Waals surface area contributed by atoms with E-state index in [2.05, 4.69) is 6.92 Å². The highest BCUT2D eigenvalue weighted by molar-refractivity contribution is 6.05. The summed E-state index contributed by atoms with van der Waals surface area (Å²) in [6.45, 7) is 3.61. The number of allylic oxidation sites excluding steroid dienone is 1. The normalized spacial score (nSPS) is 24.1. The second-order valence-corrected chi connectivity index (χ2v) is 9.34. The number of hydrogen-bond donors (Lipinski definition) is 4. The molecule has 1 fully saturated rings. The van der Waals surface area contributed by atoms with E-state index in [9.17, 15) is 30.0 Å². The molecule has 7 heteroatoms. The van der Waals surface area contributed by atoms with E-state index in [1.54, 1.807) is 12.1 Å². The molecule has 0 spiro atoms. The van der Waals surface area contributed by atoms with Crippen molar-refractivity contribution in [2.24, 2.45) is 17.8 Å². The van der Waals surface area contributed by atoms with E-state index >= 15 is 0 Å². The molecular formula is C27H37NO6. The van der Waals surface area contributed by atoms with Crippen LogP contribution in [0.5, 0.6) is 5.75 Å². The Morgan fingerprint density at radius 1 is 1.12 bits per heavy atom. The standard InChI is InChI=1S/C27H37NO6/c1-3-7-17(13-18-8-5-6-9-22(18)31)10-11-23(32)24-19(15-29)14-20-25(21(24)16-30)27(34)28(12-4-2)26(20)33/h5-6,8-9,13,20-21,23,25,29-32H,3-4,7,10-12,14-16H2,1-2H3/b17-13+/t20-,21+,23-,25-/m1/s1. The fraction of sp³-hybridized carbons (Fsp3) is 0.556. The Bertz CT molecular complexity index is 952. The number of imide groups is 1. The lowest BCUT2D eigenvalue weighted by molar-refractivity contribution is -0.140. The van der Waals surface area contributed by atoms with Crippen LogP contribution in [-0.2, 0) is 9.59 Å². The van der Waals surface area contributed by atoms with Crippen molar-refractivity contribution in [1.82, 2.24) is 4.90 Å². The number of aliphatic hydroxyl groups excluding tert-OH is 3. The van der Waals surface area contributed by atoms with Crippen molar-refractivity contribution in [3.63, 3.8) is 0 Å². The molecule has 2 aliphatic rings. The van der Waals surface area contributed by atoms with Gasteiger partial charge in [-0.25, -0.2) is 0 Å². The first-order chi connectivity index (χ1) is 16.4. The molecule has 1 aliphatic carbocycles. The molecule has 34 heavy (non-hydrogen) atoms. The third-order valence-corrected chi connectivity index (χ3v) is 7.08. The average molecular weight is 472 g/mol. The highest BCUT2D eigenvalue weighted by Crippen LogP contribution is 2.46. The molecule has 1 aliphatic heterocycles. The van der Waals surface area contributed by atoms with Gasteiger partial charge in [-0.2, -0.15) is 0 Å². The predicted octanol–water partition coefficient (Wildman–Crippen LogP) is 3.03. The van der Waals surface area contributed by atoms with Gasteiger partial charge in [0.25, 0.3) is 0 Å². The highest BCUT2D eigenvalue weighted by atomic mass is 16.3. The maximum atomic E-state index is 13.1. The Morgan fingerprint density at radius 2 is 1.85 bits per heavy atom. The van der Waals surface area contributed by atoms with Crippen LogP contribution in [0.2, 0.25) is 0 Å². The largest absolute Gasteiger partial charge is 0.507 e. The number of carbonyl (C=O) groups excluding carboxylic acids is 2. The van der Waals surface area contributed by atoms with Gasteiger partial charge in [0.15, 0.2) is 0 Å². The first-order valence-electron chi connectivity index (χ1n) is 12.3. The minimum Gasteiger partial charge on any atom is -0.507 e. The number of likely N-dealkylation sites (tertiary alicyclic amines) is 1. The molecule has 2 amide bonds. The molecule has 7 nitrogen and oxygen atoms in total. The van der Waals surface area contributed by atoms with Crippen LogP contribution in [0.1, 0.15) is 57.9 Å². The van der Waals surface area contributed by atoms with E-state index in [1.807, 2.05) is 25.1 Å². The minimum atomic E-state index is -0.951. The zero-order valence-electron chi connectivity index (χ0n) is 20.1. The van der Waals surface area contributed by atoms with Gasteiger partial charge in [-0.05, 0) is 49.3 Å². The van der Waals surface area contributed by atoms with E-state index in [-0.39, 0.29) is 37.2 Å². The van der Waals surface area contributed by atoms with Crippen LogP contribution >= 0.6 is 0 Å². The number of amides is 2. The van der Waals surface area contributed by atoms with Crippen molar-refractivity contribution in [2.45, 2.75) is 58.5 Å². The Kier molecular flexibility index (Phi) is 9.05. The lowest BCUT2D eigenvalue weighted by atomic mass is 9.68. The molecule has 1 saturated heterocycles. The van der Waals surface area contributed by atoms with Crippen molar-refractivity contribution in [3.8, 4) is 5.75 Å². The Labute approximate surface area is 201 Å². The van der Waals surface area contributed by atoms with E-state index in [4.69, 9.17) is 0 Å². The van der Waals surface area contributed by atoms with Gasteiger partial charge in [-0.3, -0.25) is 14.5 Å². The van der Waals surface area contributed by atoms with Crippen LogP contribution in [0.3, 0.4) is 0 Å². The van der Waals surface area contributed by atoms with Crippen molar-refractivity contribution in [3.05, 3.63) is 46.5 Å². The third-order valence-electron chi connectivity index (χ3n) is 7.08. The van der Waals surface area contributed by atoms with Crippen LogP contribution in [0.4, 0.5) is 0 Å². The summed E-state index contributed by atoms with van der Waals surface area (Å²) in [6.07, 6.45) is 4.50. The molecular weight excluding hydrogens is 434 g/mol. The summed E-state index contributed by atoms with van der Waals surface area (Å²) >= 11 is 0. The van der Waals surface area contributed by atoms with Crippen LogP contribution in [0.15, 0.2) is 41.0 Å². The van der Waals surface area contributed by atoms with Crippen molar-refractivity contribution >= 4 is 17.9 Å². The number of para-hydroxylation sites is 1. The molecule has 0 saturated carbocycles. The first-order valence-corrected chi connectivity index (χ1v) is 12.3. The van der Waals surface area contributed by atoms with Crippen molar-refractivity contribution in [1.29, 1.82) is 0 Å². The van der Waals surface area contributed by atoms with Gasteiger partial charge in [-0.1, -0.05) is 50.1 Å². The van der Waals surface area contributed by atoms with Crippen LogP contribution < -0.4 is 0 Å². The second kappa shape index (κ2) is 11.8. The number of phenols is 1. The molecule has 1 aromatic rings. The summed E-state index contributed by atoms with van der Waals surface area (Å²) in [5.74, 6) is -2.32. The second-order valence-electron chi connectivity index (χ2n) is 9.34. The summed E-state index contributed by atoms with van der Waals surface area (Å²) in [6, 6.07) is 7.09. The lowest BCUT2D eigenvalue weighted by Gasteiger charge is -2.36. The summed E-state index contributed by atoms with van der Waals surface area (Å²) in [4.78, 5) is 27.2. The number of nitrogens with zero attached hydrogens (tertiary/aromatic N) is 1. The zero-order valence-corrected chi connectivity index (χ0v) is 20.1. The van der Waals surface area contributed by atoms with Crippen molar-refractivity contribution < 1.29 is 30.0 Å². The Hall–Kier alpha value is -2.48. The SMILES string of the molecule is CCC/C(=C\c1ccccc1O)CC[C@@H](O)C1=C(CO)C[C@H]2C(=O)N(CCC)C(=O)[C@H]2[C@H]1CO. The van der Waals surface area contributed by atoms with E-state index in [1.165, 1.54) is 4.90 Å². The fourth-order valence-electron chi connectivity index (χ4n) is 5.51. The molecule has 0 aromatic heterocycles. The number of aliphatic hydroxyl groups is 3. The van der Waals surface area contributed by atoms with Crippen LogP contribution in [0.25, 0.3) is 6.08 Å². The van der Waals surface area contributed by atoms with Crippen LogP contribution in [-0.4, -0.2) is 63.0 Å². The highest BCUT2D eigenvalue weighted by Gasteiger charge is 2.54. The maximum absolute atomic E-state index is 13.1. The van der Waals surface area contributed by atoms with Gasteiger partial charge in [-0.15, -0.1) is 0 Å². The minimum absolute atomic E-state index is 0.196. The quantitative estimate of drug-likeness (QED) is 0.291. The number of hydrogen-bond acceptors (Lipinski definition) is 6. The van der Waals surface area contributed by atoms with E-state index in [0.29, 0.717) is 37.0 Å². The molecule has 1 heterocycles. The molecule has 186 valence electrons. The number of rotatable bonds is 11. The first kappa shape index (κ1) is 26.1. The lowest BCUT2D eigenvalue weighted by Crippen LogP contribution is -2.39. The molecule has 4 atom stereocenters. The maximum Gasteiger partial charge on any atom is 0.233 e. The average Bonchev–Trinajstić information content (AvgIpc) is 3.07. The Morgan fingerprint density at radius 3 is 2.47 bits per heavy atom. The number of benzene rings is 1. The molecule has 1 aromatic carbocycles. The van der Waals surface area contributed by atoms with E-state index < -0.39 is 23.9 Å².